The van der Waals surface area contributed by atoms with Crippen LogP contribution in [-0.4, -0.2) is 47.8 Å². The van der Waals surface area contributed by atoms with E-state index in [2.05, 4.69) is 10.2 Å². The Morgan fingerprint density at radius 3 is 2.18 bits per heavy atom. The predicted molar refractivity (Wildman–Crippen MR) is 176 cm³/mol. The van der Waals surface area contributed by atoms with E-state index < -0.39 is 23.6 Å². The Morgan fingerprint density at radius 2 is 1.57 bits per heavy atom. The first-order chi connectivity index (χ1) is 20.8. The molecular weight excluding hydrogens is 646 g/mol. The van der Waals surface area contributed by atoms with Crippen LogP contribution in [0.4, 0.5) is 4.79 Å². The highest BCUT2D eigenvalue weighted by Crippen LogP contribution is 2.35. The van der Waals surface area contributed by atoms with Crippen LogP contribution in [0.2, 0.25) is 20.1 Å². The first-order valence-corrected chi connectivity index (χ1v) is 15.8. The Labute approximate surface area is 278 Å². The highest BCUT2D eigenvalue weighted by atomic mass is 35.5. The molecule has 7 nitrogen and oxygen atoms in total. The zero-order valence-corrected chi connectivity index (χ0v) is 28.1. The van der Waals surface area contributed by atoms with Crippen LogP contribution < -0.4 is 14.8 Å². The fraction of sp³-hybridized carbons (Fsp3) is 0.394. The van der Waals surface area contributed by atoms with Crippen LogP contribution in [0.15, 0.2) is 54.6 Å². The van der Waals surface area contributed by atoms with Crippen molar-refractivity contribution < 1.29 is 23.8 Å². The number of hydrogen-bond donors (Lipinski definition) is 1. The van der Waals surface area contributed by atoms with E-state index in [1.165, 1.54) is 0 Å². The molecule has 3 aromatic rings. The number of imide groups is 1. The molecule has 1 saturated carbocycles. The van der Waals surface area contributed by atoms with Crippen LogP contribution >= 0.6 is 46.4 Å². The van der Waals surface area contributed by atoms with Crippen LogP contribution in [0.5, 0.6) is 11.5 Å². The second-order valence-electron chi connectivity index (χ2n) is 11.7. The third kappa shape index (κ3) is 9.91. The van der Waals surface area contributed by atoms with Crippen molar-refractivity contribution in [1.29, 1.82) is 0 Å². The molecule has 0 bridgehead atoms. The fourth-order valence-corrected chi connectivity index (χ4v) is 5.77. The number of carbonyl (C=O) groups excluding carboxylic acids is 2. The van der Waals surface area contributed by atoms with Gasteiger partial charge in [-0.1, -0.05) is 70.7 Å². The summed E-state index contributed by atoms with van der Waals surface area (Å²) in [7, 11) is 0. The number of carbonyl (C=O) groups is 2. The third-order valence-corrected chi connectivity index (χ3v) is 8.24. The van der Waals surface area contributed by atoms with Crippen molar-refractivity contribution >= 4 is 58.4 Å². The van der Waals surface area contributed by atoms with Crippen molar-refractivity contribution in [3.05, 3.63) is 91.4 Å². The van der Waals surface area contributed by atoms with Gasteiger partial charge in [-0.25, -0.2) is 4.79 Å². The third-order valence-electron chi connectivity index (χ3n) is 6.82. The molecule has 0 saturated heterocycles. The molecule has 11 heteroatoms. The van der Waals surface area contributed by atoms with Gasteiger partial charge in [-0.3, -0.25) is 15.0 Å². The molecule has 4 rings (SSSR count). The van der Waals surface area contributed by atoms with Gasteiger partial charge in [0.1, 0.15) is 24.6 Å². The number of nitrogens with zero attached hydrogens (tertiary/aromatic N) is 1. The van der Waals surface area contributed by atoms with E-state index in [0.717, 1.165) is 29.5 Å². The standard InChI is InChI=1S/C33H36Cl4N2O5/c1-20-16-26(35)30(27(36)17-20)43-15-14-42-24-12-8-21(9-13-24)18-28(31(40)38-32(41)44-33(2,3)4)39(23-10-11-23)19-22-6-5-7-25(34)29(22)37/h5-9,12-13,16-17,23,28H,10-11,14-15,18-19H2,1-4H3,(H,38,40,41)/t28-/m0/s1. The Balaban J connectivity index is 1.45. The van der Waals surface area contributed by atoms with Gasteiger partial charge in [-0.05, 0) is 94.0 Å². The minimum atomic E-state index is -0.789. The molecule has 236 valence electrons. The Morgan fingerprint density at radius 1 is 0.932 bits per heavy atom. The fourth-order valence-electron chi connectivity index (χ4n) is 4.69. The highest BCUT2D eigenvalue weighted by Gasteiger charge is 2.38. The molecule has 0 radical (unpaired) electrons. The van der Waals surface area contributed by atoms with E-state index in [1.54, 1.807) is 39.0 Å². The van der Waals surface area contributed by atoms with Crippen molar-refractivity contribution in [2.75, 3.05) is 13.2 Å². The SMILES string of the molecule is Cc1cc(Cl)c(OCCOc2ccc(C[C@@H](C(=O)NC(=O)OC(C)(C)C)N(Cc3cccc(Cl)c3Cl)C3CC3)cc2)c(Cl)c1. The molecule has 3 aromatic carbocycles. The number of ether oxygens (including phenoxy) is 3. The largest absolute Gasteiger partial charge is 0.490 e. The van der Waals surface area contributed by atoms with E-state index in [1.807, 2.05) is 43.3 Å². The molecule has 1 atom stereocenters. The highest BCUT2D eigenvalue weighted by molar-refractivity contribution is 6.42. The summed E-state index contributed by atoms with van der Waals surface area (Å²) >= 11 is 25.3. The lowest BCUT2D eigenvalue weighted by Gasteiger charge is -2.31. The van der Waals surface area contributed by atoms with Crippen molar-refractivity contribution in [2.45, 2.75) is 71.2 Å². The monoisotopic (exact) mass is 680 g/mol. The van der Waals surface area contributed by atoms with Gasteiger partial charge in [-0.2, -0.15) is 0 Å². The van der Waals surface area contributed by atoms with Gasteiger partial charge in [0, 0.05) is 12.6 Å². The molecule has 2 amide bonds. The van der Waals surface area contributed by atoms with Crippen molar-refractivity contribution in [1.82, 2.24) is 10.2 Å². The predicted octanol–water partition coefficient (Wildman–Crippen LogP) is 8.69. The van der Waals surface area contributed by atoms with E-state index >= 15 is 0 Å². The van der Waals surface area contributed by atoms with E-state index in [-0.39, 0.29) is 19.3 Å². The normalized spacial score (nSPS) is 13.8. The first-order valence-electron chi connectivity index (χ1n) is 14.3. The van der Waals surface area contributed by atoms with Gasteiger partial charge in [0.2, 0.25) is 5.91 Å². The number of alkyl carbamates (subject to hydrolysis) is 1. The second-order valence-corrected chi connectivity index (χ2v) is 13.3. The summed E-state index contributed by atoms with van der Waals surface area (Å²) in [4.78, 5) is 28.2. The molecule has 0 spiro atoms. The number of amides is 2. The van der Waals surface area contributed by atoms with Crippen LogP contribution in [0.1, 0.15) is 50.3 Å². The first kappa shape index (κ1) is 34.2. The molecular formula is C33H36Cl4N2O5. The molecule has 1 aliphatic carbocycles. The van der Waals surface area contributed by atoms with Crippen molar-refractivity contribution in [2.24, 2.45) is 0 Å². The number of halogens is 4. The van der Waals surface area contributed by atoms with Gasteiger partial charge in [0.25, 0.3) is 0 Å². The van der Waals surface area contributed by atoms with Crippen LogP contribution in [-0.2, 0) is 22.5 Å². The van der Waals surface area contributed by atoms with Gasteiger partial charge in [0.15, 0.2) is 5.75 Å². The summed E-state index contributed by atoms with van der Waals surface area (Å²) in [6.07, 6.45) is 1.42. The van der Waals surface area contributed by atoms with Gasteiger partial charge in [0.05, 0.1) is 26.1 Å². The Bertz CT molecular complexity index is 1450. The maximum atomic E-state index is 13.6. The molecule has 44 heavy (non-hydrogen) atoms. The zero-order chi connectivity index (χ0) is 32.0. The maximum Gasteiger partial charge on any atom is 0.414 e. The lowest BCUT2D eigenvalue weighted by molar-refractivity contribution is -0.126. The summed E-state index contributed by atoms with van der Waals surface area (Å²) in [5, 5.41) is 4.23. The van der Waals surface area contributed by atoms with Crippen molar-refractivity contribution in [3.8, 4) is 11.5 Å². The molecule has 0 aromatic heterocycles. The zero-order valence-electron chi connectivity index (χ0n) is 25.1. The van der Waals surface area contributed by atoms with Crippen LogP contribution in [0, 0.1) is 6.92 Å². The van der Waals surface area contributed by atoms with Gasteiger partial charge in [-0.15, -0.1) is 0 Å². The molecule has 0 aliphatic heterocycles. The van der Waals surface area contributed by atoms with E-state index in [4.69, 9.17) is 60.6 Å². The maximum absolute atomic E-state index is 13.6. The molecule has 0 heterocycles. The second kappa shape index (κ2) is 15.1. The summed E-state index contributed by atoms with van der Waals surface area (Å²) in [5.41, 5.74) is 1.89. The lowest BCUT2D eigenvalue weighted by atomic mass is 10.0. The number of hydrogen-bond acceptors (Lipinski definition) is 6. The van der Waals surface area contributed by atoms with Crippen molar-refractivity contribution in [3.63, 3.8) is 0 Å². The topological polar surface area (TPSA) is 77.1 Å². The molecule has 1 fully saturated rings. The summed E-state index contributed by atoms with van der Waals surface area (Å²) in [6, 6.07) is 16.0. The summed E-state index contributed by atoms with van der Waals surface area (Å²) in [5.74, 6) is 0.612. The summed E-state index contributed by atoms with van der Waals surface area (Å²) < 4.78 is 16.9. The molecule has 0 unspecified atom stereocenters. The minimum Gasteiger partial charge on any atom is -0.490 e. The lowest BCUT2D eigenvalue weighted by Crippen LogP contribution is -2.51. The Kier molecular flexibility index (Phi) is 11.7. The van der Waals surface area contributed by atoms with Crippen LogP contribution in [0.3, 0.4) is 0 Å². The number of rotatable bonds is 12. The number of aryl methyl sites for hydroxylation is 1. The van der Waals surface area contributed by atoms with Gasteiger partial charge < -0.3 is 14.2 Å². The molecule has 1 N–H and O–H groups in total. The van der Waals surface area contributed by atoms with Gasteiger partial charge >= 0.3 is 6.09 Å². The molecule has 1 aliphatic rings. The van der Waals surface area contributed by atoms with E-state index in [0.29, 0.717) is 44.6 Å². The number of nitrogens with one attached hydrogen (secondary N) is 1. The Hall–Kier alpha value is -2.68. The average molecular weight is 682 g/mol. The summed E-state index contributed by atoms with van der Waals surface area (Å²) in [6.45, 7) is 8.06. The minimum absolute atomic E-state index is 0.164. The number of benzene rings is 3. The smallest absolute Gasteiger partial charge is 0.414 e. The van der Waals surface area contributed by atoms with E-state index in [9.17, 15) is 9.59 Å². The van der Waals surface area contributed by atoms with Crippen LogP contribution in [0.25, 0.3) is 0 Å². The quantitative estimate of drug-likeness (QED) is 0.193. The average Bonchev–Trinajstić information content (AvgIpc) is 3.77.